The average Bonchev–Trinajstić information content (AvgIpc) is 2.91. The zero-order chi connectivity index (χ0) is 29.1. The molecule has 0 aromatic heterocycles. The molecule has 1 amide bonds. The Bertz CT molecular complexity index is 1370. The average molecular weight is 628 g/mol. The van der Waals surface area contributed by atoms with Gasteiger partial charge in [0.2, 0.25) is 10.0 Å². The van der Waals surface area contributed by atoms with E-state index in [0.717, 1.165) is 16.7 Å². The molecule has 0 aliphatic rings. The Morgan fingerprint density at radius 2 is 1.73 bits per heavy atom. The van der Waals surface area contributed by atoms with Crippen molar-refractivity contribution in [2.75, 3.05) is 32.1 Å². The van der Waals surface area contributed by atoms with E-state index in [9.17, 15) is 18.3 Å². The fraction of sp³-hybridized carbons (Fsp3) is 0.345. The summed E-state index contributed by atoms with van der Waals surface area (Å²) in [6.07, 6.45) is -0.889. The minimum atomic E-state index is -3.88. The second-order valence-electron chi connectivity index (χ2n) is 9.35. The molecule has 0 spiro atoms. The molecule has 3 aromatic carbocycles. The number of rotatable bonds is 15. The van der Waals surface area contributed by atoms with Crippen LogP contribution >= 0.6 is 24.0 Å². The number of amides is 1. The summed E-state index contributed by atoms with van der Waals surface area (Å²) in [5.41, 5.74) is 2.47. The summed E-state index contributed by atoms with van der Waals surface area (Å²) in [5.74, 6) is -0.224. The number of ether oxygens (including phenoxy) is 2. The van der Waals surface area contributed by atoms with Crippen LogP contribution in [0.1, 0.15) is 42.3 Å². The minimum Gasteiger partial charge on any atom is -0.492 e. The Balaban J connectivity index is 0.00000588. The van der Waals surface area contributed by atoms with Gasteiger partial charge in [0.25, 0.3) is 5.91 Å². The Morgan fingerprint density at radius 3 is 2.39 bits per heavy atom. The molecule has 0 heterocycles. The molecule has 224 valence electrons. The predicted octanol–water partition coefficient (Wildman–Crippen LogP) is 4.36. The van der Waals surface area contributed by atoms with E-state index in [1.54, 1.807) is 30.3 Å². The Hall–Kier alpha value is -2.86. The van der Waals surface area contributed by atoms with Crippen molar-refractivity contribution in [1.82, 2.24) is 10.0 Å². The molecule has 0 saturated carbocycles. The van der Waals surface area contributed by atoms with Crippen molar-refractivity contribution < 1.29 is 32.9 Å². The van der Waals surface area contributed by atoms with E-state index in [2.05, 4.69) is 5.32 Å². The van der Waals surface area contributed by atoms with Crippen molar-refractivity contribution in [2.45, 2.75) is 32.5 Å². The van der Waals surface area contributed by atoms with Crippen LogP contribution in [-0.4, -0.2) is 62.7 Å². The van der Waals surface area contributed by atoms with Crippen molar-refractivity contribution in [1.29, 1.82) is 0 Å². The first-order valence-corrected chi connectivity index (χ1v) is 14.9. The van der Waals surface area contributed by atoms with Crippen LogP contribution in [0.4, 0.5) is 0 Å². The van der Waals surface area contributed by atoms with Gasteiger partial charge in [0, 0.05) is 24.7 Å². The third-order valence-electron chi connectivity index (χ3n) is 5.71. The van der Waals surface area contributed by atoms with E-state index >= 15 is 0 Å². The van der Waals surface area contributed by atoms with Gasteiger partial charge in [-0.25, -0.2) is 13.1 Å². The highest BCUT2D eigenvalue weighted by Gasteiger charge is 2.20. The molecular formula is C29H36Cl2N2O7S. The lowest BCUT2D eigenvalue weighted by atomic mass is 10.0. The monoisotopic (exact) mass is 626 g/mol. The number of aliphatic hydroxyl groups is 2. The highest BCUT2D eigenvalue weighted by atomic mass is 35.5. The number of halogens is 2. The molecule has 3 aromatic rings. The van der Waals surface area contributed by atoms with Crippen molar-refractivity contribution in [3.63, 3.8) is 0 Å². The van der Waals surface area contributed by atoms with E-state index in [0.29, 0.717) is 30.5 Å². The zero-order valence-corrected chi connectivity index (χ0v) is 25.3. The standard InChI is InChI=1S/C29H35ClN2O7S.ClH/c1-20(2)39-28-18-22(9-12-26(28)29(35)32-40(36,37)16-4-14-33)21-7-10-25(11-8-21)38-15-13-31-19-27(34)23-5-3-6-24(30)17-23;/h3,5-12,17-18,20,27,31,33-34H,4,13-16,19H2,1-2H3,(H,32,35);1H/t27-;/m1./s1. The second-order valence-corrected chi connectivity index (χ2v) is 11.6. The van der Waals surface area contributed by atoms with Crippen LogP contribution in [0.5, 0.6) is 11.5 Å². The summed E-state index contributed by atoms with van der Waals surface area (Å²) < 4.78 is 37.9. The van der Waals surface area contributed by atoms with Crippen LogP contribution in [0, 0.1) is 0 Å². The number of carbonyl (C=O) groups is 1. The van der Waals surface area contributed by atoms with Crippen LogP contribution in [0.3, 0.4) is 0 Å². The maximum absolute atomic E-state index is 12.7. The smallest absolute Gasteiger partial charge is 0.268 e. The van der Waals surface area contributed by atoms with E-state index in [-0.39, 0.29) is 48.6 Å². The number of benzene rings is 3. The van der Waals surface area contributed by atoms with Crippen LogP contribution in [0.15, 0.2) is 66.7 Å². The van der Waals surface area contributed by atoms with Crippen LogP contribution in [0.25, 0.3) is 11.1 Å². The number of nitrogens with one attached hydrogen (secondary N) is 2. The number of aliphatic hydroxyl groups excluding tert-OH is 2. The van der Waals surface area contributed by atoms with Gasteiger partial charge in [0.1, 0.15) is 18.1 Å². The molecule has 12 heteroatoms. The first-order chi connectivity index (χ1) is 19.1. The van der Waals surface area contributed by atoms with Gasteiger partial charge < -0.3 is 25.0 Å². The fourth-order valence-corrected chi connectivity index (χ4v) is 5.00. The van der Waals surface area contributed by atoms with Gasteiger partial charge in [-0.05, 0) is 73.4 Å². The Morgan fingerprint density at radius 1 is 1.02 bits per heavy atom. The van der Waals surface area contributed by atoms with Gasteiger partial charge in [-0.3, -0.25) is 4.79 Å². The Labute approximate surface area is 252 Å². The number of hydrogen-bond acceptors (Lipinski definition) is 8. The lowest BCUT2D eigenvalue weighted by Crippen LogP contribution is -2.33. The summed E-state index contributed by atoms with van der Waals surface area (Å²) in [6.45, 7) is 4.64. The van der Waals surface area contributed by atoms with Gasteiger partial charge in [0.05, 0.1) is 23.5 Å². The van der Waals surface area contributed by atoms with Gasteiger partial charge in [-0.15, -0.1) is 12.4 Å². The molecule has 0 bridgehead atoms. The van der Waals surface area contributed by atoms with E-state index < -0.39 is 22.0 Å². The molecule has 0 radical (unpaired) electrons. The highest BCUT2D eigenvalue weighted by Crippen LogP contribution is 2.29. The summed E-state index contributed by atoms with van der Waals surface area (Å²) in [7, 11) is -3.88. The van der Waals surface area contributed by atoms with E-state index in [1.807, 2.05) is 48.9 Å². The van der Waals surface area contributed by atoms with Gasteiger partial charge >= 0.3 is 0 Å². The summed E-state index contributed by atoms with van der Waals surface area (Å²) in [5, 5.41) is 22.9. The van der Waals surface area contributed by atoms with E-state index in [1.165, 1.54) is 6.07 Å². The maximum Gasteiger partial charge on any atom is 0.268 e. The molecule has 0 fully saturated rings. The van der Waals surface area contributed by atoms with Crippen LogP contribution in [-0.2, 0) is 10.0 Å². The topological polar surface area (TPSA) is 134 Å². The number of hydrogen-bond donors (Lipinski definition) is 4. The van der Waals surface area contributed by atoms with Crippen LogP contribution in [0.2, 0.25) is 5.02 Å². The lowest BCUT2D eigenvalue weighted by molar-refractivity contribution is 0.0975. The van der Waals surface area contributed by atoms with Crippen LogP contribution < -0.4 is 19.5 Å². The van der Waals surface area contributed by atoms with Crippen molar-refractivity contribution >= 4 is 39.9 Å². The largest absolute Gasteiger partial charge is 0.492 e. The molecule has 1 atom stereocenters. The quantitative estimate of drug-likeness (QED) is 0.183. The predicted molar refractivity (Wildman–Crippen MR) is 163 cm³/mol. The number of sulfonamides is 1. The molecule has 0 aliphatic carbocycles. The summed E-state index contributed by atoms with van der Waals surface area (Å²) in [6, 6.07) is 19.4. The highest BCUT2D eigenvalue weighted by molar-refractivity contribution is 7.90. The lowest BCUT2D eigenvalue weighted by Gasteiger charge is -2.16. The first-order valence-electron chi connectivity index (χ1n) is 12.9. The molecule has 3 rings (SSSR count). The molecule has 41 heavy (non-hydrogen) atoms. The van der Waals surface area contributed by atoms with Crippen molar-refractivity contribution in [3.05, 3.63) is 82.9 Å². The van der Waals surface area contributed by atoms with Crippen molar-refractivity contribution in [3.8, 4) is 22.6 Å². The van der Waals surface area contributed by atoms with Gasteiger partial charge in [0.15, 0.2) is 0 Å². The molecule has 0 aliphatic heterocycles. The maximum atomic E-state index is 12.7. The van der Waals surface area contributed by atoms with Gasteiger partial charge in [-0.2, -0.15) is 0 Å². The number of carbonyl (C=O) groups excluding carboxylic acids is 1. The van der Waals surface area contributed by atoms with Gasteiger partial charge in [-0.1, -0.05) is 41.9 Å². The third-order valence-corrected chi connectivity index (χ3v) is 7.27. The Kier molecular flexibility index (Phi) is 13.9. The first kappa shape index (κ1) is 34.3. The van der Waals surface area contributed by atoms with E-state index in [4.69, 9.17) is 26.2 Å². The third kappa shape index (κ3) is 11.1. The summed E-state index contributed by atoms with van der Waals surface area (Å²) in [4.78, 5) is 12.7. The SMILES string of the molecule is CC(C)Oc1cc(-c2ccc(OCCNC[C@@H](O)c3cccc(Cl)c3)cc2)ccc1C(=O)NS(=O)(=O)CCCO.Cl. The fourth-order valence-electron chi connectivity index (χ4n) is 3.80. The second kappa shape index (κ2) is 16.5. The molecule has 0 saturated heterocycles. The van der Waals surface area contributed by atoms with Crippen molar-refractivity contribution in [2.24, 2.45) is 0 Å². The molecule has 4 N–H and O–H groups in total. The minimum absolute atomic E-state index is 0. The molecule has 0 unspecified atom stereocenters. The molecule has 9 nitrogen and oxygen atoms in total. The molecular weight excluding hydrogens is 591 g/mol. The summed E-state index contributed by atoms with van der Waals surface area (Å²) >= 11 is 5.97. The zero-order valence-electron chi connectivity index (χ0n) is 22.9. The normalized spacial score (nSPS) is 12.0.